The summed E-state index contributed by atoms with van der Waals surface area (Å²) in [5.74, 6) is -0.311. The minimum atomic E-state index is -0.311. The second-order valence-electron chi connectivity index (χ2n) is 3.53. The Morgan fingerprint density at radius 1 is 1.44 bits per heavy atom. The van der Waals surface area contributed by atoms with Crippen molar-refractivity contribution in [1.29, 1.82) is 0 Å². The van der Waals surface area contributed by atoms with Gasteiger partial charge in [-0.05, 0) is 39.1 Å². The fourth-order valence-corrected chi connectivity index (χ4v) is 1.10. The standard InChI is InChI=1S/C13H21NO2/c1-5-9-14(6-2)10-7-8-11-16-13(15)12(3)4/h5-6,9H,2-3,7-8,10-11H2,1,4H3/b9-5-. The molecule has 0 aliphatic rings. The highest BCUT2D eigenvalue weighted by atomic mass is 16.5. The molecule has 0 amide bonds. The number of esters is 1. The van der Waals surface area contributed by atoms with Gasteiger partial charge in [-0.25, -0.2) is 4.79 Å². The number of allylic oxidation sites excluding steroid dienone is 1. The lowest BCUT2D eigenvalue weighted by Crippen LogP contribution is -2.12. The van der Waals surface area contributed by atoms with Crippen LogP contribution >= 0.6 is 0 Å². The topological polar surface area (TPSA) is 29.5 Å². The van der Waals surface area contributed by atoms with Crippen LogP contribution in [0.25, 0.3) is 0 Å². The highest BCUT2D eigenvalue weighted by Crippen LogP contribution is 1.99. The highest BCUT2D eigenvalue weighted by molar-refractivity contribution is 5.86. The third-order valence-corrected chi connectivity index (χ3v) is 1.97. The van der Waals surface area contributed by atoms with Gasteiger partial charge in [-0.15, -0.1) is 0 Å². The Bertz CT molecular complexity index is 269. The van der Waals surface area contributed by atoms with Crippen molar-refractivity contribution < 1.29 is 9.53 Å². The van der Waals surface area contributed by atoms with Crippen molar-refractivity contribution in [1.82, 2.24) is 4.90 Å². The molecule has 16 heavy (non-hydrogen) atoms. The quantitative estimate of drug-likeness (QED) is 0.360. The van der Waals surface area contributed by atoms with Gasteiger partial charge in [-0.1, -0.05) is 19.2 Å². The van der Waals surface area contributed by atoms with Gasteiger partial charge in [-0.3, -0.25) is 0 Å². The largest absolute Gasteiger partial charge is 0.462 e. The monoisotopic (exact) mass is 223 g/mol. The molecule has 0 spiro atoms. The van der Waals surface area contributed by atoms with Crippen LogP contribution in [0.1, 0.15) is 26.7 Å². The second-order valence-corrected chi connectivity index (χ2v) is 3.53. The van der Waals surface area contributed by atoms with E-state index in [1.165, 1.54) is 0 Å². The lowest BCUT2D eigenvalue weighted by atomic mass is 10.3. The number of carbonyl (C=O) groups is 1. The molecule has 0 bridgehead atoms. The van der Waals surface area contributed by atoms with Crippen LogP contribution in [0.5, 0.6) is 0 Å². The van der Waals surface area contributed by atoms with Crippen LogP contribution in [0.2, 0.25) is 0 Å². The molecule has 0 aromatic heterocycles. The maximum Gasteiger partial charge on any atom is 0.333 e. The molecular formula is C13H21NO2. The first-order chi connectivity index (χ1) is 7.61. The number of hydrogen-bond donors (Lipinski definition) is 0. The normalized spacial score (nSPS) is 10.1. The SMILES string of the molecule is C=CN(/C=C\C)CCCCOC(=O)C(=C)C. The van der Waals surface area contributed by atoms with Gasteiger partial charge in [0.2, 0.25) is 0 Å². The van der Waals surface area contributed by atoms with Crippen LogP contribution in [0.3, 0.4) is 0 Å². The first kappa shape index (κ1) is 14.5. The molecule has 0 saturated carbocycles. The van der Waals surface area contributed by atoms with Gasteiger partial charge >= 0.3 is 5.97 Å². The molecule has 0 aliphatic heterocycles. The summed E-state index contributed by atoms with van der Waals surface area (Å²) in [6.07, 6.45) is 7.51. The predicted octanol–water partition coefficient (Wildman–Crippen LogP) is 2.87. The highest BCUT2D eigenvalue weighted by Gasteiger charge is 2.02. The zero-order valence-corrected chi connectivity index (χ0v) is 10.2. The van der Waals surface area contributed by atoms with Gasteiger partial charge in [0.25, 0.3) is 0 Å². The second kappa shape index (κ2) is 8.77. The van der Waals surface area contributed by atoms with Gasteiger partial charge in [0, 0.05) is 12.1 Å². The molecule has 0 heterocycles. The zero-order valence-electron chi connectivity index (χ0n) is 10.2. The first-order valence-corrected chi connectivity index (χ1v) is 5.45. The molecule has 0 N–H and O–H groups in total. The maximum atomic E-state index is 11.0. The Hall–Kier alpha value is -1.51. The Labute approximate surface area is 98.1 Å². The van der Waals surface area contributed by atoms with E-state index in [1.807, 2.05) is 24.1 Å². The Morgan fingerprint density at radius 2 is 2.12 bits per heavy atom. The summed E-state index contributed by atoms with van der Waals surface area (Å²) in [7, 11) is 0. The Balaban J connectivity index is 3.56. The van der Waals surface area contributed by atoms with E-state index in [1.54, 1.807) is 13.1 Å². The van der Waals surface area contributed by atoms with E-state index in [0.29, 0.717) is 12.2 Å². The summed E-state index contributed by atoms with van der Waals surface area (Å²) in [4.78, 5) is 13.0. The van der Waals surface area contributed by atoms with Gasteiger partial charge < -0.3 is 9.64 Å². The molecular weight excluding hydrogens is 202 g/mol. The van der Waals surface area contributed by atoms with Crippen molar-refractivity contribution in [2.24, 2.45) is 0 Å². The van der Waals surface area contributed by atoms with E-state index in [2.05, 4.69) is 13.2 Å². The average molecular weight is 223 g/mol. The summed E-state index contributed by atoms with van der Waals surface area (Å²) >= 11 is 0. The summed E-state index contributed by atoms with van der Waals surface area (Å²) in [6, 6.07) is 0. The van der Waals surface area contributed by atoms with Crippen LogP contribution in [-0.2, 0) is 9.53 Å². The van der Waals surface area contributed by atoms with E-state index < -0.39 is 0 Å². The predicted molar refractivity (Wildman–Crippen MR) is 66.7 cm³/mol. The lowest BCUT2D eigenvalue weighted by Gasteiger charge is -2.14. The third-order valence-electron chi connectivity index (χ3n) is 1.97. The number of unbranched alkanes of at least 4 members (excludes halogenated alkanes) is 1. The summed E-state index contributed by atoms with van der Waals surface area (Å²) in [6.45, 7) is 12.2. The molecule has 0 fully saturated rings. The zero-order chi connectivity index (χ0) is 12.4. The van der Waals surface area contributed by atoms with Gasteiger partial charge in [0.15, 0.2) is 0 Å². The summed E-state index contributed by atoms with van der Waals surface area (Å²) in [5, 5.41) is 0. The fourth-order valence-electron chi connectivity index (χ4n) is 1.10. The van der Waals surface area contributed by atoms with Crippen molar-refractivity contribution in [3.05, 3.63) is 37.2 Å². The molecule has 3 heteroatoms. The number of nitrogens with zero attached hydrogens (tertiary/aromatic N) is 1. The van der Waals surface area contributed by atoms with E-state index >= 15 is 0 Å². The van der Waals surface area contributed by atoms with Gasteiger partial charge in [0.1, 0.15) is 0 Å². The van der Waals surface area contributed by atoms with Crippen LogP contribution in [0.15, 0.2) is 37.2 Å². The maximum absolute atomic E-state index is 11.0. The molecule has 0 aromatic rings. The van der Waals surface area contributed by atoms with E-state index in [9.17, 15) is 4.79 Å². The summed E-state index contributed by atoms with van der Waals surface area (Å²) in [5.41, 5.74) is 0.446. The summed E-state index contributed by atoms with van der Waals surface area (Å²) < 4.78 is 4.98. The minimum Gasteiger partial charge on any atom is -0.462 e. The Morgan fingerprint density at radius 3 is 2.62 bits per heavy atom. The van der Waals surface area contributed by atoms with Crippen LogP contribution in [-0.4, -0.2) is 24.0 Å². The van der Waals surface area contributed by atoms with Gasteiger partial charge in [0.05, 0.1) is 6.61 Å². The Kier molecular flexibility index (Phi) is 7.94. The van der Waals surface area contributed by atoms with Gasteiger partial charge in [-0.2, -0.15) is 0 Å². The minimum absolute atomic E-state index is 0.311. The average Bonchev–Trinajstić information content (AvgIpc) is 2.26. The van der Waals surface area contributed by atoms with Crippen molar-refractivity contribution in [2.75, 3.05) is 13.2 Å². The number of hydrogen-bond acceptors (Lipinski definition) is 3. The molecule has 0 rings (SSSR count). The number of ether oxygens (including phenoxy) is 1. The first-order valence-electron chi connectivity index (χ1n) is 5.45. The molecule has 0 unspecified atom stereocenters. The van der Waals surface area contributed by atoms with Crippen LogP contribution < -0.4 is 0 Å². The van der Waals surface area contributed by atoms with E-state index in [-0.39, 0.29) is 5.97 Å². The van der Waals surface area contributed by atoms with Crippen molar-refractivity contribution >= 4 is 5.97 Å². The van der Waals surface area contributed by atoms with Crippen molar-refractivity contribution in [3.8, 4) is 0 Å². The molecule has 90 valence electrons. The number of carbonyl (C=O) groups excluding carboxylic acids is 1. The molecule has 0 radical (unpaired) electrons. The molecule has 0 saturated heterocycles. The molecule has 0 atom stereocenters. The van der Waals surface area contributed by atoms with Crippen molar-refractivity contribution in [2.45, 2.75) is 26.7 Å². The van der Waals surface area contributed by atoms with Crippen LogP contribution in [0, 0.1) is 0 Å². The van der Waals surface area contributed by atoms with Crippen LogP contribution in [0.4, 0.5) is 0 Å². The molecule has 3 nitrogen and oxygen atoms in total. The molecule has 0 aromatic carbocycles. The fraction of sp³-hybridized carbons (Fsp3) is 0.462. The van der Waals surface area contributed by atoms with E-state index in [0.717, 1.165) is 19.4 Å². The third kappa shape index (κ3) is 6.87. The lowest BCUT2D eigenvalue weighted by molar-refractivity contribution is -0.139. The van der Waals surface area contributed by atoms with E-state index in [4.69, 9.17) is 4.74 Å². The van der Waals surface area contributed by atoms with Crippen molar-refractivity contribution in [3.63, 3.8) is 0 Å². The smallest absolute Gasteiger partial charge is 0.333 e. The molecule has 0 aliphatic carbocycles. The number of rotatable bonds is 8.